The van der Waals surface area contributed by atoms with E-state index in [-0.39, 0.29) is 36.3 Å². The summed E-state index contributed by atoms with van der Waals surface area (Å²) in [5, 5.41) is 6.46. The maximum atomic E-state index is 11.0. The molecule has 1 rings (SSSR count). The number of aliphatic imine (C=N–C) groups is 1. The monoisotopic (exact) mass is 490 g/mol. The maximum absolute atomic E-state index is 11.0. The van der Waals surface area contributed by atoms with E-state index in [9.17, 15) is 8.42 Å². The Hall–Kier alpha value is -0.130. The van der Waals surface area contributed by atoms with Crippen LogP contribution < -0.4 is 10.6 Å². The molecule has 0 aromatic rings. The largest absolute Gasteiger partial charge is 0.379 e. The lowest BCUT2D eigenvalue weighted by molar-refractivity contribution is 0.153. The summed E-state index contributed by atoms with van der Waals surface area (Å²) in [5.41, 5.74) is 0. The highest BCUT2D eigenvalue weighted by atomic mass is 127. The summed E-state index contributed by atoms with van der Waals surface area (Å²) in [6, 6.07) is 0.709. The molecule has 1 atom stereocenters. The van der Waals surface area contributed by atoms with Crippen molar-refractivity contribution in [3.63, 3.8) is 0 Å². The first-order valence-corrected chi connectivity index (χ1v) is 10.9. The second-order valence-electron chi connectivity index (χ2n) is 6.40. The molecule has 0 spiro atoms. The van der Waals surface area contributed by atoms with Gasteiger partial charge in [0.2, 0.25) is 0 Å². The first kappa shape index (κ1) is 24.9. The van der Waals surface area contributed by atoms with Crippen molar-refractivity contribution in [2.75, 3.05) is 58.4 Å². The number of nitrogens with one attached hydrogen (secondary N) is 2. The first-order chi connectivity index (χ1) is 11.4. The molecule has 150 valence electrons. The van der Waals surface area contributed by atoms with Gasteiger partial charge >= 0.3 is 0 Å². The molecule has 1 aliphatic rings. The molecule has 25 heavy (non-hydrogen) atoms. The van der Waals surface area contributed by atoms with Gasteiger partial charge in [0.05, 0.1) is 19.0 Å². The summed E-state index contributed by atoms with van der Waals surface area (Å²) in [6.07, 6.45) is 6.30. The van der Waals surface area contributed by atoms with Crippen LogP contribution in [-0.4, -0.2) is 83.8 Å². The lowest BCUT2D eigenvalue weighted by Gasteiger charge is -2.33. The van der Waals surface area contributed by atoms with Crippen molar-refractivity contribution in [2.45, 2.75) is 38.6 Å². The van der Waals surface area contributed by atoms with E-state index < -0.39 is 9.84 Å². The quantitative estimate of drug-likeness (QED) is 0.207. The van der Waals surface area contributed by atoms with E-state index in [4.69, 9.17) is 4.74 Å². The Morgan fingerprint density at radius 1 is 1.24 bits per heavy atom. The van der Waals surface area contributed by atoms with Gasteiger partial charge in [-0.1, -0.05) is 6.42 Å². The number of hydrogen-bond donors (Lipinski definition) is 2. The number of sulfone groups is 1. The highest BCUT2D eigenvalue weighted by Crippen LogP contribution is 2.15. The number of halogens is 1. The molecule has 0 bridgehead atoms. The Labute approximate surface area is 170 Å². The normalized spacial score (nSPS) is 19.3. The Balaban J connectivity index is 0.00000576. The van der Waals surface area contributed by atoms with Crippen molar-refractivity contribution in [2.24, 2.45) is 4.99 Å². The van der Waals surface area contributed by atoms with Crippen molar-refractivity contribution >= 4 is 39.8 Å². The predicted molar refractivity (Wildman–Crippen MR) is 115 cm³/mol. The standard InChI is InChI=1S/C16H34N4O3S.HI/c1-15-7-4-5-10-20(15)11-6-8-18-16(17-2)19-9-12-23-13-14-24(3,21)22;/h15H,4-14H2,1-3H3,(H2,17,18,19);1H. The highest BCUT2D eigenvalue weighted by molar-refractivity contribution is 14.0. The van der Waals surface area contributed by atoms with Crippen LogP contribution in [0, 0.1) is 0 Å². The Morgan fingerprint density at radius 2 is 1.96 bits per heavy atom. The third-order valence-corrected chi connectivity index (χ3v) is 5.12. The third kappa shape index (κ3) is 12.8. The molecule has 0 aliphatic carbocycles. The van der Waals surface area contributed by atoms with Crippen molar-refractivity contribution < 1.29 is 13.2 Å². The molecule has 0 saturated carbocycles. The number of guanidine groups is 1. The molecule has 0 amide bonds. The van der Waals surface area contributed by atoms with Gasteiger partial charge in [-0.2, -0.15) is 0 Å². The molecule has 0 aromatic heterocycles. The van der Waals surface area contributed by atoms with Crippen LogP contribution in [0.1, 0.15) is 32.6 Å². The molecule has 1 fully saturated rings. The van der Waals surface area contributed by atoms with Crippen LogP contribution in [0.25, 0.3) is 0 Å². The van der Waals surface area contributed by atoms with E-state index in [1.165, 1.54) is 32.1 Å². The van der Waals surface area contributed by atoms with Crippen LogP contribution in [0.5, 0.6) is 0 Å². The first-order valence-electron chi connectivity index (χ1n) is 8.86. The molecule has 1 unspecified atom stereocenters. The Kier molecular flexibility index (Phi) is 13.9. The van der Waals surface area contributed by atoms with E-state index in [0.29, 0.717) is 19.2 Å². The van der Waals surface area contributed by atoms with Crippen LogP contribution in [-0.2, 0) is 14.6 Å². The van der Waals surface area contributed by atoms with E-state index >= 15 is 0 Å². The molecule has 1 saturated heterocycles. The van der Waals surface area contributed by atoms with Gasteiger partial charge in [0, 0.05) is 39.0 Å². The van der Waals surface area contributed by atoms with Crippen molar-refractivity contribution in [1.82, 2.24) is 15.5 Å². The molecule has 1 heterocycles. The molecule has 1 aliphatic heterocycles. The SMILES string of the molecule is CN=C(NCCCN1CCCCC1C)NCCOCCS(C)(=O)=O.I. The minimum absolute atomic E-state index is 0. The zero-order valence-electron chi connectivity index (χ0n) is 15.8. The van der Waals surface area contributed by atoms with E-state index in [1.54, 1.807) is 7.05 Å². The molecular formula is C16H35IN4O3S. The number of ether oxygens (including phenoxy) is 1. The highest BCUT2D eigenvalue weighted by Gasteiger charge is 2.17. The van der Waals surface area contributed by atoms with Gasteiger partial charge in [-0.25, -0.2) is 8.42 Å². The lowest BCUT2D eigenvalue weighted by Crippen LogP contribution is -2.42. The Morgan fingerprint density at radius 3 is 2.60 bits per heavy atom. The summed E-state index contributed by atoms with van der Waals surface area (Å²) in [6.45, 7) is 6.85. The summed E-state index contributed by atoms with van der Waals surface area (Å²) in [7, 11) is -1.20. The van der Waals surface area contributed by atoms with Gasteiger partial charge in [0.1, 0.15) is 9.84 Å². The minimum Gasteiger partial charge on any atom is -0.379 e. The van der Waals surface area contributed by atoms with Gasteiger partial charge in [-0.05, 0) is 32.7 Å². The zero-order valence-corrected chi connectivity index (χ0v) is 18.9. The summed E-state index contributed by atoms with van der Waals surface area (Å²) in [4.78, 5) is 6.74. The van der Waals surface area contributed by atoms with Crippen molar-refractivity contribution in [1.29, 1.82) is 0 Å². The van der Waals surface area contributed by atoms with Crippen molar-refractivity contribution in [3.8, 4) is 0 Å². The lowest BCUT2D eigenvalue weighted by atomic mass is 10.0. The van der Waals surface area contributed by atoms with Crippen LogP contribution in [0.4, 0.5) is 0 Å². The smallest absolute Gasteiger partial charge is 0.191 e. The van der Waals surface area contributed by atoms with Crippen LogP contribution in [0.15, 0.2) is 4.99 Å². The molecule has 0 aromatic carbocycles. The number of hydrogen-bond acceptors (Lipinski definition) is 5. The van der Waals surface area contributed by atoms with Crippen LogP contribution >= 0.6 is 24.0 Å². The second-order valence-corrected chi connectivity index (χ2v) is 8.66. The number of piperidine rings is 1. The fourth-order valence-corrected chi connectivity index (χ4v) is 3.17. The van der Waals surface area contributed by atoms with Crippen LogP contribution in [0.2, 0.25) is 0 Å². The van der Waals surface area contributed by atoms with E-state index in [1.807, 2.05) is 0 Å². The van der Waals surface area contributed by atoms with Gasteiger partial charge in [-0.15, -0.1) is 24.0 Å². The summed E-state index contributed by atoms with van der Waals surface area (Å²) in [5.74, 6) is 0.822. The zero-order chi connectivity index (χ0) is 17.8. The van der Waals surface area contributed by atoms with E-state index in [0.717, 1.165) is 25.5 Å². The average molecular weight is 490 g/mol. The average Bonchev–Trinajstić information content (AvgIpc) is 2.53. The maximum Gasteiger partial charge on any atom is 0.191 e. The number of likely N-dealkylation sites (tertiary alicyclic amines) is 1. The van der Waals surface area contributed by atoms with Crippen molar-refractivity contribution in [3.05, 3.63) is 0 Å². The summed E-state index contributed by atoms with van der Waals surface area (Å²) >= 11 is 0. The van der Waals surface area contributed by atoms with Gasteiger partial charge in [-0.3, -0.25) is 4.99 Å². The molecular weight excluding hydrogens is 455 g/mol. The number of rotatable bonds is 10. The minimum atomic E-state index is -2.95. The molecule has 7 nitrogen and oxygen atoms in total. The number of nitrogens with zero attached hydrogens (tertiary/aromatic N) is 2. The third-order valence-electron chi connectivity index (χ3n) is 4.22. The molecule has 9 heteroatoms. The second kappa shape index (κ2) is 14.0. The summed E-state index contributed by atoms with van der Waals surface area (Å²) < 4.78 is 27.2. The topological polar surface area (TPSA) is 83.0 Å². The fourth-order valence-electron chi connectivity index (χ4n) is 2.75. The van der Waals surface area contributed by atoms with E-state index in [2.05, 4.69) is 27.4 Å². The molecule has 0 radical (unpaired) electrons. The Bertz CT molecular complexity index is 474. The fraction of sp³-hybridized carbons (Fsp3) is 0.938. The van der Waals surface area contributed by atoms with Gasteiger partial charge in [0.15, 0.2) is 5.96 Å². The predicted octanol–water partition coefficient (Wildman–Crippen LogP) is 1.10. The van der Waals surface area contributed by atoms with Gasteiger partial charge < -0.3 is 20.3 Å². The van der Waals surface area contributed by atoms with Gasteiger partial charge in [0.25, 0.3) is 0 Å². The molecule has 2 N–H and O–H groups in total. The van der Waals surface area contributed by atoms with Crippen LogP contribution in [0.3, 0.4) is 0 Å².